The molecule has 1 aliphatic heterocycles. The molecule has 0 aliphatic carbocycles. The molecule has 1 aromatic rings. The van der Waals surface area contributed by atoms with Crippen LogP contribution < -0.4 is 5.32 Å². The Hall–Kier alpha value is -1.26. The first-order chi connectivity index (χ1) is 8.22. The Kier molecular flexibility index (Phi) is 3.86. The van der Waals surface area contributed by atoms with Crippen LogP contribution in [-0.2, 0) is 9.53 Å². The summed E-state index contributed by atoms with van der Waals surface area (Å²) >= 11 is 0. The maximum Gasteiger partial charge on any atom is 0.139 e. The number of carbonyl (C=O) groups excluding carboxylic acids is 1. The zero-order valence-electron chi connectivity index (χ0n) is 10.2. The fourth-order valence-electron chi connectivity index (χ4n) is 2.24. The van der Waals surface area contributed by atoms with Crippen molar-refractivity contribution >= 4 is 5.78 Å². The number of piperidine rings is 1. The highest BCUT2D eigenvalue weighted by Crippen LogP contribution is 2.26. The highest BCUT2D eigenvalue weighted by Gasteiger charge is 2.33. The van der Waals surface area contributed by atoms with Crippen molar-refractivity contribution in [2.24, 2.45) is 5.92 Å². The van der Waals surface area contributed by atoms with Crippen LogP contribution in [0, 0.1) is 5.92 Å². The van der Waals surface area contributed by atoms with Crippen molar-refractivity contribution in [1.29, 1.82) is 0 Å². The van der Waals surface area contributed by atoms with Crippen molar-refractivity contribution in [2.75, 3.05) is 13.7 Å². The minimum absolute atomic E-state index is 0.0165. The molecule has 0 saturated carbocycles. The quantitative estimate of drug-likeness (QED) is 0.857. The summed E-state index contributed by atoms with van der Waals surface area (Å²) in [7, 11) is 1.66. The van der Waals surface area contributed by atoms with Gasteiger partial charge in [-0.15, -0.1) is 0 Å². The van der Waals surface area contributed by atoms with E-state index in [1.165, 1.54) is 0 Å². The van der Waals surface area contributed by atoms with E-state index in [1.54, 1.807) is 13.3 Å². The van der Waals surface area contributed by atoms with Gasteiger partial charge < -0.3 is 10.1 Å². The van der Waals surface area contributed by atoms with Gasteiger partial charge in [0, 0.05) is 43.9 Å². The van der Waals surface area contributed by atoms with Gasteiger partial charge in [-0.3, -0.25) is 9.78 Å². The highest BCUT2D eigenvalue weighted by atomic mass is 16.5. The molecule has 92 valence electrons. The summed E-state index contributed by atoms with van der Waals surface area (Å²) in [6, 6.07) is 4.04. The van der Waals surface area contributed by atoms with Gasteiger partial charge in [-0.25, -0.2) is 0 Å². The zero-order chi connectivity index (χ0) is 12.3. The van der Waals surface area contributed by atoms with Gasteiger partial charge in [0.2, 0.25) is 0 Å². The molecule has 4 heteroatoms. The topological polar surface area (TPSA) is 51.2 Å². The second kappa shape index (κ2) is 5.38. The Balaban J connectivity index is 2.13. The van der Waals surface area contributed by atoms with Gasteiger partial charge in [-0.1, -0.05) is 13.0 Å². The van der Waals surface area contributed by atoms with E-state index in [2.05, 4.69) is 10.3 Å². The third-order valence-electron chi connectivity index (χ3n) is 3.36. The average Bonchev–Trinajstić information content (AvgIpc) is 2.36. The van der Waals surface area contributed by atoms with Crippen molar-refractivity contribution in [1.82, 2.24) is 10.3 Å². The van der Waals surface area contributed by atoms with Crippen molar-refractivity contribution in [2.45, 2.75) is 25.4 Å². The molecular weight excluding hydrogens is 216 g/mol. The van der Waals surface area contributed by atoms with E-state index >= 15 is 0 Å². The van der Waals surface area contributed by atoms with Crippen LogP contribution in [-0.4, -0.2) is 30.5 Å². The monoisotopic (exact) mass is 234 g/mol. The van der Waals surface area contributed by atoms with E-state index < -0.39 is 0 Å². The SMILES string of the molecule is COC[C@H]1N[C@@H](c2cccnc2)CC(=O)[C@@H]1C. The molecule has 0 bridgehead atoms. The van der Waals surface area contributed by atoms with Crippen LogP contribution in [0.2, 0.25) is 0 Å². The molecule has 0 unspecified atom stereocenters. The van der Waals surface area contributed by atoms with Crippen molar-refractivity contribution in [3.05, 3.63) is 30.1 Å². The lowest BCUT2D eigenvalue weighted by Gasteiger charge is -2.34. The number of hydrogen-bond donors (Lipinski definition) is 1. The average molecular weight is 234 g/mol. The van der Waals surface area contributed by atoms with Crippen LogP contribution in [0.1, 0.15) is 24.9 Å². The molecule has 0 spiro atoms. The summed E-state index contributed by atoms with van der Waals surface area (Å²) in [4.78, 5) is 16.0. The fraction of sp³-hybridized carbons (Fsp3) is 0.538. The summed E-state index contributed by atoms with van der Waals surface area (Å²) in [5.41, 5.74) is 1.06. The molecular formula is C13H18N2O2. The summed E-state index contributed by atoms with van der Waals surface area (Å²) in [5, 5.41) is 3.46. The number of ether oxygens (including phenoxy) is 1. The lowest BCUT2D eigenvalue weighted by molar-refractivity contribution is -0.126. The van der Waals surface area contributed by atoms with Gasteiger partial charge >= 0.3 is 0 Å². The molecule has 0 amide bonds. The van der Waals surface area contributed by atoms with Gasteiger partial charge in [-0.2, -0.15) is 0 Å². The Bertz CT molecular complexity index is 380. The smallest absolute Gasteiger partial charge is 0.139 e. The van der Waals surface area contributed by atoms with Gasteiger partial charge in [0.1, 0.15) is 5.78 Å². The Morgan fingerprint density at radius 1 is 1.59 bits per heavy atom. The standard InChI is InChI=1S/C13H18N2O2/c1-9-12(8-17-2)15-11(6-13(9)16)10-4-3-5-14-7-10/h3-5,7,9,11-12,15H,6,8H2,1-2H3/t9-,11-,12-/m1/s1. The van der Waals surface area contributed by atoms with Crippen LogP contribution in [0.5, 0.6) is 0 Å². The number of rotatable bonds is 3. The number of nitrogens with zero attached hydrogens (tertiary/aromatic N) is 1. The molecule has 1 aliphatic rings. The molecule has 3 atom stereocenters. The summed E-state index contributed by atoms with van der Waals surface area (Å²) in [6.07, 6.45) is 4.08. The molecule has 0 aromatic carbocycles. The number of carbonyl (C=O) groups is 1. The van der Waals surface area contributed by atoms with Crippen molar-refractivity contribution in [3.8, 4) is 0 Å². The minimum Gasteiger partial charge on any atom is -0.383 e. The molecule has 1 N–H and O–H groups in total. The second-order valence-corrected chi connectivity index (χ2v) is 4.53. The first kappa shape index (κ1) is 12.2. The van der Waals surface area contributed by atoms with Gasteiger partial charge in [0.25, 0.3) is 0 Å². The molecule has 4 nitrogen and oxygen atoms in total. The van der Waals surface area contributed by atoms with Crippen LogP contribution in [0.25, 0.3) is 0 Å². The molecule has 2 heterocycles. The maximum atomic E-state index is 11.9. The van der Waals surface area contributed by atoms with Gasteiger partial charge in [0.05, 0.1) is 6.61 Å². The number of hydrogen-bond acceptors (Lipinski definition) is 4. The van der Waals surface area contributed by atoms with E-state index in [1.807, 2.05) is 25.3 Å². The lowest BCUT2D eigenvalue weighted by atomic mass is 9.86. The van der Waals surface area contributed by atoms with E-state index in [9.17, 15) is 4.79 Å². The third kappa shape index (κ3) is 2.70. The van der Waals surface area contributed by atoms with Crippen LogP contribution in [0.4, 0.5) is 0 Å². The largest absolute Gasteiger partial charge is 0.383 e. The van der Waals surface area contributed by atoms with E-state index in [0.29, 0.717) is 18.8 Å². The predicted octanol–water partition coefficient (Wildman–Crippen LogP) is 1.34. The Labute approximate surface area is 101 Å². The lowest BCUT2D eigenvalue weighted by Crippen LogP contribution is -2.49. The highest BCUT2D eigenvalue weighted by molar-refractivity contribution is 5.83. The first-order valence-corrected chi connectivity index (χ1v) is 5.90. The van der Waals surface area contributed by atoms with Crippen LogP contribution in [0.15, 0.2) is 24.5 Å². The molecule has 0 radical (unpaired) electrons. The molecule has 2 rings (SSSR count). The van der Waals surface area contributed by atoms with Crippen molar-refractivity contribution in [3.63, 3.8) is 0 Å². The normalized spacial score (nSPS) is 29.3. The number of Topliss-reactive ketones (excluding diaryl/α,β-unsaturated/α-hetero) is 1. The summed E-state index contributed by atoms with van der Waals surface area (Å²) in [5.74, 6) is 0.308. The Morgan fingerprint density at radius 2 is 2.41 bits per heavy atom. The number of aromatic nitrogens is 1. The predicted molar refractivity (Wildman–Crippen MR) is 64.6 cm³/mol. The second-order valence-electron chi connectivity index (χ2n) is 4.53. The zero-order valence-corrected chi connectivity index (χ0v) is 10.2. The van der Waals surface area contributed by atoms with E-state index in [-0.39, 0.29) is 18.0 Å². The maximum absolute atomic E-state index is 11.9. The minimum atomic E-state index is 0.0165. The molecule has 1 fully saturated rings. The van der Waals surface area contributed by atoms with E-state index in [0.717, 1.165) is 5.56 Å². The number of ketones is 1. The van der Waals surface area contributed by atoms with Gasteiger partial charge in [-0.05, 0) is 11.6 Å². The van der Waals surface area contributed by atoms with Crippen molar-refractivity contribution < 1.29 is 9.53 Å². The number of methoxy groups -OCH3 is 1. The molecule has 1 saturated heterocycles. The summed E-state index contributed by atoms with van der Waals surface area (Å²) in [6.45, 7) is 2.52. The first-order valence-electron chi connectivity index (χ1n) is 5.90. The molecule has 1 aromatic heterocycles. The number of nitrogens with one attached hydrogen (secondary N) is 1. The van der Waals surface area contributed by atoms with Crippen LogP contribution >= 0.6 is 0 Å². The number of pyridine rings is 1. The fourth-order valence-corrected chi connectivity index (χ4v) is 2.24. The molecule has 17 heavy (non-hydrogen) atoms. The van der Waals surface area contributed by atoms with Gasteiger partial charge in [0.15, 0.2) is 0 Å². The Morgan fingerprint density at radius 3 is 3.06 bits per heavy atom. The summed E-state index contributed by atoms with van der Waals surface area (Å²) < 4.78 is 5.15. The van der Waals surface area contributed by atoms with Crippen LogP contribution in [0.3, 0.4) is 0 Å². The third-order valence-corrected chi connectivity index (χ3v) is 3.36. The van der Waals surface area contributed by atoms with E-state index in [4.69, 9.17) is 4.74 Å².